The van der Waals surface area contributed by atoms with Gasteiger partial charge in [-0.2, -0.15) is 0 Å². The molecule has 0 bridgehead atoms. The highest BCUT2D eigenvalue weighted by Gasteiger charge is 2.18. The third kappa shape index (κ3) is 3.41. The van der Waals surface area contributed by atoms with Gasteiger partial charge in [0.2, 0.25) is 0 Å². The molecule has 2 nitrogen and oxygen atoms in total. The van der Waals surface area contributed by atoms with Crippen molar-refractivity contribution in [3.63, 3.8) is 0 Å². The van der Waals surface area contributed by atoms with Crippen LogP contribution in [0.1, 0.15) is 50.1 Å². The molecule has 1 aromatic heterocycles. The van der Waals surface area contributed by atoms with Crippen LogP contribution in [0.4, 0.5) is 0 Å². The summed E-state index contributed by atoms with van der Waals surface area (Å²) in [6.07, 6.45) is 8.44. The average Bonchev–Trinajstić information content (AvgIpc) is 2.28. The summed E-state index contributed by atoms with van der Waals surface area (Å²) in [4.78, 5) is 8.84. The topological polar surface area (TPSA) is 25.8 Å². The van der Waals surface area contributed by atoms with E-state index in [2.05, 4.69) is 23.8 Å². The SMILES string of the molecule is CC(C)CC(Cl)Cc1ncnc2c1CCCC2. The molecule has 2 rings (SSSR count). The molecule has 0 fully saturated rings. The van der Waals surface area contributed by atoms with Crippen molar-refractivity contribution in [2.24, 2.45) is 5.92 Å². The van der Waals surface area contributed by atoms with Crippen molar-refractivity contribution in [1.82, 2.24) is 9.97 Å². The Bertz CT molecular complexity index is 376. The molecule has 1 unspecified atom stereocenters. The summed E-state index contributed by atoms with van der Waals surface area (Å²) in [6, 6.07) is 0. The fourth-order valence-corrected chi connectivity index (χ4v) is 3.07. The number of alkyl halides is 1. The van der Waals surface area contributed by atoms with Crippen LogP contribution in [0.25, 0.3) is 0 Å². The van der Waals surface area contributed by atoms with E-state index >= 15 is 0 Å². The van der Waals surface area contributed by atoms with Crippen LogP contribution >= 0.6 is 11.6 Å². The fourth-order valence-electron chi connectivity index (χ4n) is 2.57. The van der Waals surface area contributed by atoms with Crippen LogP contribution < -0.4 is 0 Å². The molecule has 0 saturated carbocycles. The molecule has 0 amide bonds. The monoisotopic (exact) mass is 252 g/mol. The molecule has 0 N–H and O–H groups in total. The molecule has 3 heteroatoms. The predicted molar refractivity (Wildman–Crippen MR) is 71.5 cm³/mol. The summed E-state index contributed by atoms with van der Waals surface area (Å²) in [6.45, 7) is 4.43. The quantitative estimate of drug-likeness (QED) is 0.766. The van der Waals surface area contributed by atoms with E-state index in [0.717, 1.165) is 25.7 Å². The van der Waals surface area contributed by atoms with E-state index in [-0.39, 0.29) is 5.38 Å². The van der Waals surface area contributed by atoms with Crippen molar-refractivity contribution in [2.45, 2.75) is 57.7 Å². The zero-order valence-electron chi connectivity index (χ0n) is 10.7. The second kappa shape index (κ2) is 5.81. The Kier molecular flexibility index (Phi) is 4.38. The average molecular weight is 253 g/mol. The van der Waals surface area contributed by atoms with Crippen LogP contribution in [-0.4, -0.2) is 15.3 Å². The summed E-state index contributed by atoms with van der Waals surface area (Å²) in [5, 5.41) is 0.205. The molecular weight excluding hydrogens is 232 g/mol. The third-order valence-electron chi connectivity index (χ3n) is 3.36. The lowest BCUT2D eigenvalue weighted by Crippen LogP contribution is -2.15. The number of hydrogen-bond acceptors (Lipinski definition) is 2. The smallest absolute Gasteiger partial charge is 0.115 e. The van der Waals surface area contributed by atoms with E-state index < -0.39 is 0 Å². The summed E-state index contributed by atoms with van der Waals surface area (Å²) in [5.74, 6) is 0.648. The summed E-state index contributed by atoms with van der Waals surface area (Å²) in [5.41, 5.74) is 3.83. The maximum Gasteiger partial charge on any atom is 0.115 e. The van der Waals surface area contributed by atoms with Crippen LogP contribution in [-0.2, 0) is 19.3 Å². The van der Waals surface area contributed by atoms with Gasteiger partial charge in [-0.25, -0.2) is 9.97 Å². The molecule has 94 valence electrons. The van der Waals surface area contributed by atoms with Crippen molar-refractivity contribution in [3.05, 3.63) is 23.3 Å². The molecule has 0 aliphatic heterocycles. The lowest BCUT2D eigenvalue weighted by molar-refractivity contribution is 0.554. The second-order valence-electron chi connectivity index (χ2n) is 5.38. The molecule has 17 heavy (non-hydrogen) atoms. The summed E-state index contributed by atoms with van der Waals surface area (Å²) in [7, 11) is 0. The van der Waals surface area contributed by atoms with Gasteiger partial charge in [-0.15, -0.1) is 11.6 Å². The summed E-state index contributed by atoms with van der Waals surface area (Å²) >= 11 is 6.39. The van der Waals surface area contributed by atoms with E-state index in [1.54, 1.807) is 6.33 Å². The zero-order chi connectivity index (χ0) is 12.3. The third-order valence-corrected chi connectivity index (χ3v) is 3.69. The van der Waals surface area contributed by atoms with E-state index in [4.69, 9.17) is 11.6 Å². The van der Waals surface area contributed by atoms with E-state index in [1.807, 2.05) is 0 Å². The molecule has 0 spiro atoms. The molecule has 1 aromatic rings. The first-order chi connectivity index (χ1) is 8.16. The van der Waals surface area contributed by atoms with Crippen molar-refractivity contribution >= 4 is 11.6 Å². The van der Waals surface area contributed by atoms with Gasteiger partial charge in [0.05, 0.1) is 0 Å². The fraction of sp³-hybridized carbons (Fsp3) is 0.714. The number of rotatable bonds is 4. The number of aryl methyl sites for hydroxylation is 1. The van der Waals surface area contributed by atoms with Gasteiger partial charge >= 0.3 is 0 Å². The Balaban J connectivity index is 2.10. The van der Waals surface area contributed by atoms with Crippen LogP contribution in [0, 0.1) is 5.92 Å². The van der Waals surface area contributed by atoms with Crippen molar-refractivity contribution in [2.75, 3.05) is 0 Å². The standard InChI is InChI=1S/C14H21ClN2/c1-10(2)7-11(15)8-14-12-5-3-4-6-13(12)16-9-17-14/h9-11H,3-8H2,1-2H3. The van der Waals surface area contributed by atoms with Gasteiger partial charge < -0.3 is 0 Å². The van der Waals surface area contributed by atoms with Gasteiger partial charge in [0, 0.05) is 23.2 Å². The lowest BCUT2D eigenvalue weighted by Gasteiger charge is -2.19. The van der Waals surface area contributed by atoms with Crippen molar-refractivity contribution < 1.29 is 0 Å². The lowest BCUT2D eigenvalue weighted by atomic mass is 9.92. The first kappa shape index (κ1) is 12.8. The minimum absolute atomic E-state index is 0.205. The van der Waals surface area contributed by atoms with Crippen molar-refractivity contribution in [1.29, 1.82) is 0 Å². The predicted octanol–water partition coefficient (Wildman–Crippen LogP) is 3.55. The van der Waals surface area contributed by atoms with E-state index in [0.29, 0.717) is 5.92 Å². The Morgan fingerprint density at radius 3 is 2.76 bits per heavy atom. The first-order valence-corrected chi connectivity index (χ1v) is 7.06. The number of fused-ring (bicyclic) bond motifs is 1. The Morgan fingerprint density at radius 1 is 1.24 bits per heavy atom. The minimum Gasteiger partial charge on any atom is -0.241 e. The van der Waals surface area contributed by atoms with Gasteiger partial charge in [0.25, 0.3) is 0 Å². The second-order valence-corrected chi connectivity index (χ2v) is 6.00. The maximum atomic E-state index is 6.39. The molecule has 1 heterocycles. The Labute approximate surface area is 109 Å². The summed E-state index contributed by atoms with van der Waals surface area (Å²) < 4.78 is 0. The molecule has 0 aromatic carbocycles. The van der Waals surface area contributed by atoms with Gasteiger partial charge in [-0.05, 0) is 43.6 Å². The largest absolute Gasteiger partial charge is 0.241 e. The zero-order valence-corrected chi connectivity index (χ0v) is 11.5. The maximum absolute atomic E-state index is 6.39. The Hall–Kier alpha value is -0.630. The normalized spacial score (nSPS) is 16.9. The molecule has 0 saturated heterocycles. The first-order valence-electron chi connectivity index (χ1n) is 6.62. The van der Waals surface area contributed by atoms with Gasteiger partial charge in [0.1, 0.15) is 6.33 Å². The van der Waals surface area contributed by atoms with Gasteiger partial charge in [-0.3, -0.25) is 0 Å². The van der Waals surface area contributed by atoms with Crippen molar-refractivity contribution in [3.8, 4) is 0 Å². The van der Waals surface area contributed by atoms with E-state index in [9.17, 15) is 0 Å². The highest BCUT2D eigenvalue weighted by atomic mass is 35.5. The number of hydrogen-bond donors (Lipinski definition) is 0. The molecule has 0 radical (unpaired) electrons. The van der Waals surface area contributed by atoms with Crippen LogP contribution in [0.3, 0.4) is 0 Å². The van der Waals surface area contributed by atoms with Crippen LogP contribution in [0.2, 0.25) is 0 Å². The molecule has 1 aliphatic carbocycles. The highest BCUT2D eigenvalue weighted by Crippen LogP contribution is 2.24. The Morgan fingerprint density at radius 2 is 2.00 bits per heavy atom. The van der Waals surface area contributed by atoms with Crippen LogP contribution in [0.15, 0.2) is 6.33 Å². The highest BCUT2D eigenvalue weighted by molar-refractivity contribution is 6.20. The molecular formula is C14H21ClN2. The van der Waals surface area contributed by atoms with Crippen LogP contribution in [0.5, 0.6) is 0 Å². The number of halogens is 1. The molecule has 1 atom stereocenters. The van der Waals surface area contributed by atoms with Gasteiger partial charge in [0.15, 0.2) is 0 Å². The minimum atomic E-state index is 0.205. The number of aromatic nitrogens is 2. The number of nitrogens with zero attached hydrogens (tertiary/aromatic N) is 2. The molecule has 1 aliphatic rings. The van der Waals surface area contributed by atoms with Gasteiger partial charge in [-0.1, -0.05) is 13.8 Å². The van der Waals surface area contributed by atoms with E-state index in [1.165, 1.54) is 29.8 Å².